The largest absolute Gasteiger partial charge is 0.486 e. The van der Waals surface area contributed by atoms with Crippen LogP contribution in [0.5, 0.6) is 11.5 Å². The van der Waals surface area contributed by atoms with Gasteiger partial charge in [-0.25, -0.2) is 0 Å². The van der Waals surface area contributed by atoms with Crippen molar-refractivity contribution in [1.29, 1.82) is 0 Å². The summed E-state index contributed by atoms with van der Waals surface area (Å²) in [7, 11) is 0. The van der Waals surface area contributed by atoms with E-state index in [0.717, 1.165) is 24.5 Å². The van der Waals surface area contributed by atoms with Crippen LogP contribution in [0.2, 0.25) is 0 Å². The summed E-state index contributed by atoms with van der Waals surface area (Å²) in [6.07, 6.45) is 1.04. The zero-order valence-electron chi connectivity index (χ0n) is 13.1. The van der Waals surface area contributed by atoms with Crippen molar-refractivity contribution in [2.45, 2.75) is 26.3 Å². The van der Waals surface area contributed by atoms with Gasteiger partial charge in [0.2, 0.25) is 0 Å². The van der Waals surface area contributed by atoms with Crippen LogP contribution >= 0.6 is 0 Å². The van der Waals surface area contributed by atoms with Crippen molar-refractivity contribution in [2.75, 3.05) is 19.8 Å². The molecule has 0 amide bonds. The lowest BCUT2D eigenvalue weighted by atomic mass is 9.87. The Morgan fingerprint density at radius 2 is 1.73 bits per heavy atom. The van der Waals surface area contributed by atoms with Crippen LogP contribution in [0.1, 0.15) is 33.9 Å². The fourth-order valence-corrected chi connectivity index (χ4v) is 3.52. The van der Waals surface area contributed by atoms with Gasteiger partial charge in [-0.2, -0.15) is 0 Å². The fourth-order valence-electron chi connectivity index (χ4n) is 3.52. The first kappa shape index (κ1) is 13.6. The van der Waals surface area contributed by atoms with Gasteiger partial charge in [0.25, 0.3) is 0 Å². The average Bonchev–Trinajstić information content (AvgIpc) is 2.53. The highest BCUT2D eigenvalue weighted by Crippen LogP contribution is 2.39. The highest BCUT2D eigenvalue weighted by atomic mass is 16.6. The van der Waals surface area contributed by atoms with E-state index in [-0.39, 0.29) is 6.04 Å². The smallest absolute Gasteiger partial charge is 0.161 e. The lowest BCUT2D eigenvalue weighted by Gasteiger charge is -2.30. The molecule has 2 aliphatic rings. The van der Waals surface area contributed by atoms with Crippen LogP contribution in [-0.2, 0) is 6.42 Å². The van der Waals surface area contributed by atoms with Crippen molar-refractivity contribution in [3.8, 4) is 11.5 Å². The van der Waals surface area contributed by atoms with Crippen LogP contribution in [0.15, 0.2) is 30.3 Å². The fraction of sp³-hybridized carbons (Fsp3) is 0.368. The Labute approximate surface area is 131 Å². The van der Waals surface area contributed by atoms with Crippen LogP contribution in [0, 0.1) is 13.8 Å². The third-order valence-corrected chi connectivity index (χ3v) is 4.59. The van der Waals surface area contributed by atoms with E-state index in [1.54, 1.807) is 0 Å². The van der Waals surface area contributed by atoms with Crippen LogP contribution in [-0.4, -0.2) is 19.8 Å². The maximum atomic E-state index is 5.77. The number of aryl methyl sites for hydroxylation is 2. The third-order valence-electron chi connectivity index (χ3n) is 4.59. The topological polar surface area (TPSA) is 30.5 Å². The predicted molar refractivity (Wildman–Crippen MR) is 86.9 cm³/mol. The lowest BCUT2D eigenvalue weighted by molar-refractivity contribution is 0.171. The first-order valence-electron chi connectivity index (χ1n) is 7.95. The van der Waals surface area contributed by atoms with E-state index >= 15 is 0 Å². The average molecular weight is 295 g/mol. The van der Waals surface area contributed by atoms with Gasteiger partial charge in [0.15, 0.2) is 11.5 Å². The second-order valence-corrected chi connectivity index (χ2v) is 6.19. The molecular weight excluding hydrogens is 274 g/mol. The van der Waals surface area contributed by atoms with Gasteiger partial charge in [-0.1, -0.05) is 23.8 Å². The molecule has 2 aliphatic heterocycles. The van der Waals surface area contributed by atoms with Crippen molar-refractivity contribution >= 4 is 0 Å². The van der Waals surface area contributed by atoms with E-state index < -0.39 is 0 Å². The predicted octanol–water partition coefficient (Wildman–Crippen LogP) is 3.31. The maximum Gasteiger partial charge on any atom is 0.161 e. The van der Waals surface area contributed by atoms with Crippen LogP contribution < -0.4 is 14.8 Å². The van der Waals surface area contributed by atoms with Crippen molar-refractivity contribution in [3.63, 3.8) is 0 Å². The van der Waals surface area contributed by atoms with E-state index in [0.29, 0.717) is 13.2 Å². The van der Waals surface area contributed by atoms with Crippen molar-refractivity contribution in [2.24, 2.45) is 0 Å². The summed E-state index contributed by atoms with van der Waals surface area (Å²) in [6.45, 7) is 6.60. The molecule has 0 bridgehead atoms. The quantitative estimate of drug-likeness (QED) is 0.875. The minimum Gasteiger partial charge on any atom is -0.486 e. The Morgan fingerprint density at radius 3 is 2.50 bits per heavy atom. The second kappa shape index (κ2) is 5.33. The Balaban J connectivity index is 1.81. The molecule has 3 nitrogen and oxygen atoms in total. The summed E-state index contributed by atoms with van der Waals surface area (Å²) in [6, 6.07) is 11.3. The monoisotopic (exact) mass is 295 g/mol. The molecular formula is C19H21NO2. The van der Waals surface area contributed by atoms with Crippen LogP contribution in [0.25, 0.3) is 0 Å². The number of hydrogen-bond acceptors (Lipinski definition) is 3. The standard InChI is InChI=1S/C19H21NO2/c1-12-3-4-15(13(2)9-12)19-16-11-18-17(21-7-8-22-18)10-14(16)5-6-20-19/h3-4,9-11,19-20H,5-8H2,1-2H3. The Morgan fingerprint density at radius 1 is 0.955 bits per heavy atom. The van der Waals surface area contributed by atoms with E-state index in [1.165, 1.54) is 27.8 Å². The first-order valence-corrected chi connectivity index (χ1v) is 7.95. The third kappa shape index (κ3) is 2.26. The van der Waals surface area contributed by atoms with Gasteiger partial charge >= 0.3 is 0 Å². The Hall–Kier alpha value is -2.00. The van der Waals surface area contributed by atoms with Gasteiger partial charge < -0.3 is 14.8 Å². The maximum absolute atomic E-state index is 5.77. The van der Waals surface area contributed by atoms with Crippen LogP contribution in [0.4, 0.5) is 0 Å². The molecule has 4 rings (SSSR count). The molecule has 0 radical (unpaired) electrons. The number of benzene rings is 2. The molecule has 0 aliphatic carbocycles. The molecule has 0 fully saturated rings. The molecule has 1 unspecified atom stereocenters. The van der Waals surface area contributed by atoms with Crippen molar-refractivity contribution in [3.05, 3.63) is 58.1 Å². The molecule has 2 aromatic rings. The second-order valence-electron chi connectivity index (χ2n) is 6.19. The number of rotatable bonds is 1. The van der Waals surface area contributed by atoms with Crippen molar-refractivity contribution < 1.29 is 9.47 Å². The zero-order chi connectivity index (χ0) is 15.1. The SMILES string of the molecule is Cc1ccc(C2NCCc3cc4c(cc32)OCCO4)c(C)c1. The molecule has 22 heavy (non-hydrogen) atoms. The normalized spacial score (nSPS) is 19.6. The molecule has 0 saturated heterocycles. The van der Waals surface area contributed by atoms with E-state index in [1.807, 2.05) is 0 Å². The van der Waals surface area contributed by atoms with Gasteiger partial charge in [0, 0.05) is 6.54 Å². The summed E-state index contributed by atoms with van der Waals surface area (Å²) < 4.78 is 11.5. The lowest BCUT2D eigenvalue weighted by Crippen LogP contribution is -2.31. The minimum absolute atomic E-state index is 0.236. The highest BCUT2D eigenvalue weighted by molar-refractivity contribution is 5.53. The van der Waals surface area contributed by atoms with Gasteiger partial charge in [0.1, 0.15) is 13.2 Å². The molecule has 1 atom stereocenters. The van der Waals surface area contributed by atoms with Gasteiger partial charge in [-0.3, -0.25) is 0 Å². The zero-order valence-corrected chi connectivity index (χ0v) is 13.1. The summed E-state index contributed by atoms with van der Waals surface area (Å²) in [5.41, 5.74) is 6.68. The van der Waals surface area contributed by atoms with Gasteiger partial charge in [0.05, 0.1) is 6.04 Å². The minimum atomic E-state index is 0.236. The molecule has 0 aromatic heterocycles. The number of nitrogens with one attached hydrogen (secondary N) is 1. The molecule has 0 saturated carbocycles. The number of ether oxygens (including phenoxy) is 2. The highest BCUT2D eigenvalue weighted by Gasteiger charge is 2.26. The Bertz CT molecular complexity index is 724. The summed E-state index contributed by atoms with van der Waals surface area (Å²) in [5, 5.41) is 3.66. The van der Waals surface area contributed by atoms with E-state index in [4.69, 9.17) is 9.47 Å². The van der Waals surface area contributed by atoms with Gasteiger partial charge in [-0.15, -0.1) is 0 Å². The molecule has 114 valence electrons. The molecule has 2 aromatic carbocycles. The van der Waals surface area contributed by atoms with Crippen LogP contribution in [0.3, 0.4) is 0 Å². The van der Waals surface area contributed by atoms with Gasteiger partial charge in [-0.05, 0) is 54.7 Å². The first-order chi connectivity index (χ1) is 10.7. The number of hydrogen-bond donors (Lipinski definition) is 1. The van der Waals surface area contributed by atoms with E-state index in [9.17, 15) is 0 Å². The van der Waals surface area contributed by atoms with E-state index in [2.05, 4.69) is 49.5 Å². The summed E-state index contributed by atoms with van der Waals surface area (Å²) >= 11 is 0. The van der Waals surface area contributed by atoms with Crippen molar-refractivity contribution in [1.82, 2.24) is 5.32 Å². The molecule has 2 heterocycles. The molecule has 0 spiro atoms. The number of fused-ring (bicyclic) bond motifs is 2. The molecule has 3 heteroatoms. The summed E-state index contributed by atoms with van der Waals surface area (Å²) in [5.74, 6) is 1.77. The summed E-state index contributed by atoms with van der Waals surface area (Å²) in [4.78, 5) is 0. The molecule has 1 N–H and O–H groups in total. The Kier molecular flexibility index (Phi) is 3.30.